The summed E-state index contributed by atoms with van der Waals surface area (Å²) >= 11 is 1.59. The largest absolute Gasteiger partial charge is 0.311 e. The SMILES string of the molecule is N#Cc1cccc(CSCC(=O)N2CCc3ccccc32)c1. The van der Waals surface area contributed by atoms with Crippen LogP contribution < -0.4 is 4.90 Å². The van der Waals surface area contributed by atoms with Gasteiger partial charge < -0.3 is 4.90 Å². The highest BCUT2D eigenvalue weighted by atomic mass is 32.2. The Balaban J connectivity index is 1.56. The molecule has 0 spiro atoms. The van der Waals surface area contributed by atoms with E-state index in [0.717, 1.165) is 30.0 Å². The molecule has 0 saturated heterocycles. The number of hydrogen-bond donors (Lipinski definition) is 0. The lowest BCUT2D eigenvalue weighted by molar-refractivity contribution is -0.116. The van der Waals surface area contributed by atoms with Crippen LogP contribution in [0.15, 0.2) is 48.5 Å². The zero-order chi connectivity index (χ0) is 15.4. The minimum absolute atomic E-state index is 0.159. The number of fused-ring (bicyclic) bond motifs is 1. The summed E-state index contributed by atoms with van der Waals surface area (Å²) < 4.78 is 0. The number of carbonyl (C=O) groups excluding carboxylic acids is 1. The minimum Gasteiger partial charge on any atom is -0.311 e. The van der Waals surface area contributed by atoms with Crippen LogP contribution in [0.4, 0.5) is 5.69 Å². The van der Waals surface area contributed by atoms with Gasteiger partial charge in [-0.1, -0.05) is 30.3 Å². The van der Waals surface area contributed by atoms with Gasteiger partial charge >= 0.3 is 0 Å². The Morgan fingerprint density at radius 3 is 2.95 bits per heavy atom. The Morgan fingerprint density at radius 1 is 1.23 bits per heavy atom. The van der Waals surface area contributed by atoms with Crippen molar-refractivity contribution in [3.8, 4) is 6.07 Å². The van der Waals surface area contributed by atoms with Gasteiger partial charge in [-0.05, 0) is 35.7 Å². The summed E-state index contributed by atoms with van der Waals surface area (Å²) in [6.07, 6.45) is 0.941. The van der Waals surface area contributed by atoms with Crippen LogP contribution in [-0.4, -0.2) is 18.2 Å². The van der Waals surface area contributed by atoms with E-state index in [4.69, 9.17) is 5.26 Å². The molecule has 0 aliphatic carbocycles. The first-order chi connectivity index (χ1) is 10.8. The maximum atomic E-state index is 12.4. The first kappa shape index (κ1) is 14.7. The van der Waals surface area contributed by atoms with Crippen molar-refractivity contribution in [3.05, 3.63) is 65.2 Å². The van der Waals surface area contributed by atoms with Gasteiger partial charge in [0.2, 0.25) is 5.91 Å². The zero-order valence-corrected chi connectivity index (χ0v) is 13.0. The van der Waals surface area contributed by atoms with E-state index in [9.17, 15) is 4.79 Å². The van der Waals surface area contributed by atoms with Crippen molar-refractivity contribution >= 4 is 23.4 Å². The average molecular weight is 308 g/mol. The Labute approximate surface area is 134 Å². The third kappa shape index (κ3) is 3.15. The number of hydrogen-bond acceptors (Lipinski definition) is 3. The van der Waals surface area contributed by atoms with E-state index in [2.05, 4.69) is 12.1 Å². The van der Waals surface area contributed by atoms with Gasteiger partial charge in [-0.15, -0.1) is 11.8 Å². The second kappa shape index (κ2) is 6.67. The molecule has 1 aliphatic rings. The number of amides is 1. The lowest BCUT2D eigenvalue weighted by Crippen LogP contribution is -2.30. The predicted octanol–water partition coefficient (Wildman–Crippen LogP) is 3.38. The first-order valence-corrected chi connectivity index (χ1v) is 8.38. The quantitative estimate of drug-likeness (QED) is 0.869. The Hall–Kier alpha value is -2.25. The number of rotatable bonds is 4. The summed E-state index contributed by atoms with van der Waals surface area (Å²) in [5.41, 5.74) is 4.05. The fourth-order valence-corrected chi connectivity index (χ4v) is 3.51. The van der Waals surface area contributed by atoms with E-state index in [1.807, 2.05) is 41.3 Å². The summed E-state index contributed by atoms with van der Waals surface area (Å²) in [4.78, 5) is 14.3. The summed E-state index contributed by atoms with van der Waals surface area (Å²) in [6.45, 7) is 0.780. The number of nitrogens with zero attached hydrogens (tertiary/aromatic N) is 2. The molecule has 0 saturated carbocycles. The maximum Gasteiger partial charge on any atom is 0.237 e. The first-order valence-electron chi connectivity index (χ1n) is 7.23. The molecule has 1 heterocycles. The van der Waals surface area contributed by atoms with E-state index < -0.39 is 0 Å². The maximum absolute atomic E-state index is 12.4. The molecule has 0 atom stereocenters. The normalized spacial score (nSPS) is 12.8. The third-order valence-electron chi connectivity index (χ3n) is 3.74. The highest BCUT2D eigenvalue weighted by Crippen LogP contribution is 2.28. The number of nitriles is 1. The Bertz CT molecular complexity index is 736. The molecule has 1 aliphatic heterocycles. The Morgan fingerprint density at radius 2 is 2.09 bits per heavy atom. The lowest BCUT2D eigenvalue weighted by atomic mass is 10.2. The molecule has 0 bridgehead atoms. The van der Waals surface area contributed by atoms with Gasteiger partial charge in [-0.3, -0.25) is 4.79 Å². The van der Waals surface area contributed by atoms with Gasteiger partial charge in [0.15, 0.2) is 0 Å². The second-order valence-corrected chi connectivity index (χ2v) is 6.21. The summed E-state index contributed by atoms with van der Waals surface area (Å²) in [7, 11) is 0. The molecule has 0 aromatic heterocycles. The predicted molar refractivity (Wildman–Crippen MR) is 89.8 cm³/mol. The van der Waals surface area contributed by atoms with Crippen LogP contribution in [0.1, 0.15) is 16.7 Å². The van der Waals surface area contributed by atoms with Crippen molar-refractivity contribution in [3.63, 3.8) is 0 Å². The number of benzene rings is 2. The number of carbonyl (C=O) groups is 1. The highest BCUT2D eigenvalue weighted by molar-refractivity contribution is 7.99. The zero-order valence-electron chi connectivity index (χ0n) is 12.2. The van der Waals surface area contributed by atoms with Crippen molar-refractivity contribution in [2.45, 2.75) is 12.2 Å². The van der Waals surface area contributed by atoms with Crippen LogP contribution in [0.25, 0.3) is 0 Å². The van der Waals surface area contributed by atoms with Crippen LogP contribution in [0.3, 0.4) is 0 Å². The molecule has 110 valence electrons. The van der Waals surface area contributed by atoms with Crippen LogP contribution in [-0.2, 0) is 17.0 Å². The molecule has 2 aromatic carbocycles. The molecule has 22 heavy (non-hydrogen) atoms. The smallest absolute Gasteiger partial charge is 0.237 e. The monoisotopic (exact) mass is 308 g/mol. The van der Waals surface area contributed by atoms with Crippen molar-refractivity contribution in [2.75, 3.05) is 17.2 Å². The van der Waals surface area contributed by atoms with Crippen LogP contribution in [0, 0.1) is 11.3 Å². The molecule has 2 aromatic rings. The van der Waals surface area contributed by atoms with Gasteiger partial charge in [-0.2, -0.15) is 5.26 Å². The fourth-order valence-electron chi connectivity index (χ4n) is 2.66. The molecule has 0 N–H and O–H groups in total. The van der Waals surface area contributed by atoms with E-state index in [0.29, 0.717) is 11.3 Å². The third-order valence-corrected chi connectivity index (χ3v) is 4.73. The topological polar surface area (TPSA) is 44.1 Å². The molecule has 0 unspecified atom stereocenters. The van der Waals surface area contributed by atoms with Gasteiger partial charge in [0.1, 0.15) is 0 Å². The number of anilines is 1. The van der Waals surface area contributed by atoms with Crippen molar-refractivity contribution in [1.82, 2.24) is 0 Å². The van der Waals surface area contributed by atoms with E-state index in [1.54, 1.807) is 17.8 Å². The van der Waals surface area contributed by atoms with Gasteiger partial charge in [0, 0.05) is 18.0 Å². The summed E-state index contributed by atoms with van der Waals surface area (Å²) in [5, 5.41) is 8.89. The van der Waals surface area contributed by atoms with Crippen molar-refractivity contribution in [1.29, 1.82) is 5.26 Å². The molecule has 3 rings (SSSR count). The molecule has 1 amide bonds. The van der Waals surface area contributed by atoms with E-state index in [1.165, 1.54) is 5.56 Å². The second-order valence-electron chi connectivity index (χ2n) is 5.23. The van der Waals surface area contributed by atoms with E-state index >= 15 is 0 Å². The van der Waals surface area contributed by atoms with Gasteiger partial charge in [-0.25, -0.2) is 0 Å². The summed E-state index contributed by atoms with van der Waals surface area (Å²) in [5.74, 6) is 1.37. The molecule has 4 heteroatoms. The molecule has 3 nitrogen and oxygen atoms in total. The lowest BCUT2D eigenvalue weighted by Gasteiger charge is -2.17. The number of thioether (sulfide) groups is 1. The van der Waals surface area contributed by atoms with Crippen molar-refractivity contribution in [2.24, 2.45) is 0 Å². The Kier molecular flexibility index (Phi) is 4.45. The average Bonchev–Trinajstić information content (AvgIpc) is 2.99. The van der Waals surface area contributed by atoms with Crippen LogP contribution >= 0.6 is 11.8 Å². The minimum atomic E-state index is 0.159. The van der Waals surface area contributed by atoms with Gasteiger partial charge in [0.25, 0.3) is 0 Å². The standard InChI is InChI=1S/C18H16N2OS/c19-11-14-4-3-5-15(10-14)12-22-13-18(21)20-9-8-16-6-1-2-7-17(16)20/h1-7,10H,8-9,12-13H2. The molecule has 0 fully saturated rings. The summed E-state index contributed by atoms with van der Waals surface area (Å²) in [6, 6.07) is 17.8. The van der Waals surface area contributed by atoms with Crippen LogP contribution in [0.5, 0.6) is 0 Å². The highest BCUT2D eigenvalue weighted by Gasteiger charge is 2.23. The van der Waals surface area contributed by atoms with Crippen LogP contribution in [0.2, 0.25) is 0 Å². The van der Waals surface area contributed by atoms with Gasteiger partial charge in [0.05, 0.1) is 17.4 Å². The molecular weight excluding hydrogens is 292 g/mol. The fraction of sp³-hybridized carbons (Fsp3) is 0.222. The number of para-hydroxylation sites is 1. The molecular formula is C18H16N2OS. The van der Waals surface area contributed by atoms with E-state index in [-0.39, 0.29) is 5.91 Å². The molecule has 0 radical (unpaired) electrons. The van der Waals surface area contributed by atoms with Crippen molar-refractivity contribution < 1.29 is 4.79 Å².